The molecule has 0 unspecified atom stereocenters. The molecule has 0 amide bonds. The van der Waals surface area contributed by atoms with E-state index in [1.807, 2.05) is 37.3 Å². The predicted molar refractivity (Wildman–Crippen MR) is 98.3 cm³/mol. The van der Waals surface area contributed by atoms with Gasteiger partial charge in [0, 0.05) is 37.0 Å². The molecule has 0 fully saturated rings. The van der Waals surface area contributed by atoms with Crippen molar-refractivity contribution in [2.24, 2.45) is 0 Å². The van der Waals surface area contributed by atoms with Crippen LogP contribution in [0.4, 0.5) is 0 Å². The molecule has 0 heterocycles. The molecule has 138 valence electrons. The van der Waals surface area contributed by atoms with Crippen LogP contribution in [0.1, 0.15) is 65.1 Å². The number of hydrogen-bond acceptors (Lipinski definition) is 5. The minimum Gasteiger partial charge on any atom is -0.453 e. The van der Waals surface area contributed by atoms with Gasteiger partial charge in [-0.05, 0) is 41.7 Å². The van der Waals surface area contributed by atoms with Crippen molar-refractivity contribution in [2.75, 3.05) is 0 Å². The van der Waals surface area contributed by atoms with Gasteiger partial charge in [0.25, 0.3) is 0 Å². The number of Topliss-reactive ketones (excluding diaryl/α,β-unsaturated/α-hetero) is 1. The van der Waals surface area contributed by atoms with Crippen LogP contribution in [0.15, 0.2) is 30.3 Å². The maximum absolute atomic E-state index is 12.3. The summed E-state index contributed by atoms with van der Waals surface area (Å²) >= 11 is 0. The second kappa shape index (κ2) is 6.34. The highest BCUT2D eigenvalue weighted by Crippen LogP contribution is 2.52. The molecule has 0 bridgehead atoms. The first-order valence-corrected chi connectivity index (χ1v) is 9.01. The monoisotopic (exact) mass is 364 g/mol. The Bertz CT molecular complexity index is 988. The molecule has 5 heteroatoms. The zero-order chi connectivity index (χ0) is 19.3. The van der Waals surface area contributed by atoms with Crippen molar-refractivity contribution >= 4 is 17.7 Å². The summed E-state index contributed by atoms with van der Waals surface area (Å²) in [6, 6.07) is 9.59. The van der Waals surface area contributed by atoms with Gasteiger partial charge in [-0.3, -0.25) is 14.4 Å². The molecular formula is C22H20O5. The van der Waals surface area contributed by atoms with Crippen LogP contribution in [0.3, 0.4) is 0 Å². The molecule has 0 N–H and O–H groups in total. The second-order valence-electron chi connectivity index (χ2n) is 7.08. The summed E-state index contributed by atoms with van der Waals surface area (Å²) in [5.74, 6) is -0.807. The number of ketones is 1. The Morgan fingerprint density at radius 1 is 0.963 bits per heavy atom. The van der Waals surface area contributed by atoms with Crippen LogP contribution in [0.25, 0.3) is 11.1 Å². The van der Waals surface area contributed by atoms with Gasteiger partial charge in [-0.15, -0.1) is 0 Å². The highest BCUT2D eigenvalue weighted by molar-refractivity contribution is 6.02. The van der Waals surface area contributed by atoms with Gasteiger partial charge in [0.15, 0.2) is 18.0 Å². The van der Waals surface area contributed by atoms with Gasteiger partial charge < -0.3 is 9.47 Å². The fraction of sp³-hybridized carbons (Fsp3) is 0.318. The number of carbonyl (C=O) groups excluding carboxylic acids is 3. The van der Waals surface area contributed by atoms with E-state index < -0.39 is 24.1 Å². The lowest BCUT2D eigenvalue weighted by Gasteiger charge is -2.36. The summed E-state index contributed by atoms with van der Waals surface area (Å²) in [4.78, 5) is 36.0. The normalized spacial score (nSPS) is 19.7. The Balaban J connectivity index is 2.05. The number of aryl methyl sites for hydroxylation is 1. The first-order valence-electron chi connectivity index (χ1n) is 9.01. The van der Waals surface area contributed by atoms with Gasteiger partial charge in [-0.2, -0.15) is 0 Å². The number of carbonyl (C=O) groups is 3. The van der Waals surface area contributed by atoms with E-state index in [1.54, 1.807) is 0 Å². The zero-order valence-electron chi connectivity index (χ0n) is 15.5. The molecule has 2 aliphatic carbocycles. The van der Waals surface area contributed by atoms with E-state index >= 15 is 0 Å². The summed E-state index contributed by atoms with van der Waals surface area (Å²) in [5, 5.41) is 0. The molecule has 2 atom stereocenters. The van der Waals surface area contributed by atoms with Crippen molar-refractivity contribution in [3.63, 3.8) is 0 Å². The number of hydrogen-bond donors (Lipinski definition) is 0. The van der Waals surface area contributed by atoms with E-state index in [0.29, 0.717) is 18.4 Å². The summed E-state index contributed by atoms with van der Waals surface area (Å²) in [7, 11) is 0. The number of rotatable bonds is 2. The Kier molecular flexibility index (Phi) is 4.10. The molecule has 5 nitrogen and oxygen atoms in total. The molecule has 0 radical (unpaired) electrons. The molecule has 0 aliphatic heterocycles. The van der Waals surface area contributed by atoms with Crippen LogP contribution in [0.2, 0.25) is 0 Å². The van der Waals surface area contributed by atoms with Gasteiger partial charge in [0.2, 0.25) is 0 Å². The third-order valence-electron chi connectivity index (χ3n) is 5.26. The molecular weight excluding hydrogens is 344 g/mol. The zero-order valence-corrected chi connectivity index (χ0v) is 15.5. The van der Waals surface area contributed by atoms with Gasteiger partial charge in [0.1, 0.15) is 0 Å². The van der Waals surface area contributed by atoms with E-state index in [-0.39, 0.29) is 5.78 Å². The van der Waals surface area contributed by atoms with Crippen LogP contribution in [-0.4, -0.2) is 17.7 Å². The minimum absolute atomic E-state index is 0.0976. The molecule has 0 saturated heterocycles. The van der Waals surface area contributed by atoms with Crippen molar-refractivity contribution in [1.29, 1.82) is 0 Å². The van der Waals surface area contributed by atoms with Crippen molar-refractivity contribution in [2.45, 2.75) is 45.8 Å². The number of ether oxygens (including phenoxy) is 2. The van der Waals surface area contributed by atoms with Gasteiger partial charge >= 0.3 is 11.9 Å². The van der Waals surface area contributed by atoms with Crippen LogP contribution in [0, 0.1) is 6.92 Å². The third-order valence-corrected chi connectivity index (χ3v) is 5.26. The molecule has 4 rings (SSSR count). The van der Waals surface area contributed by atoms with E-state index in [4.69, 9.17) is 9.47 Å². The number of esters is 2. The van der Waals surface area contributed by atoms with Crippen LogP contribution < -0.4 is 0 Å². The summed E-state index contributed by atoms with van der Waals surface area (Å²) in [5.41, 5.74) is 6.05. The lowest BCUT2D eigenvalue weighted by molar-refractivity contribution is -0.167. The lowest BCUT2D eigenvalue weighted by Crippen LogP contribution is -2.27. The fourth-order valence-corrected chi connectivity index (χ4v) is 4.34. The molecule has 0 saturated carbocycles. The quantitative estimate of drug-likeness (QED) is 0.753. The lowest BCUT2D eigenvalue weighted by atomic mass is 9.76. The van der Waals surface area contributed by atoms with E-state index in [0.717, 1.165) is 33.4 Å². The summed E-state index contributed by atoms with van der Waals surface area (Å²) in [6.07, 6.45) is -0.464. The summed E-state index contributed by atoms with van der Waals surface area (Å²) < 4.78 is 11.3. The van der Waals surface area contributed by atoms with Crippen molar-refractivity contribution in [1.82, 2.24) is 0 Å². The van der Waals surface area contributed by atoms with Gasteiger partial charge in [-0.25, -0.2) is 0 Å². The largest absolute Gasteiger partial charge is 0.453 e. The number of benzene rings is 2. The summed E-state index contributed by atoms with van der Waals surface area (Å²) in [6.45, 7) is 4.64. The maximum atomic E-state index is 12.3. The molecule has 2 aromatic rings. The molecule has 2 aliphatic rings. The van der Waals surface area contributed by atoms with E-state index in [9.17, 15) is 14.4 Å². The van der Waals surface area contributed by atoms with Crippen molar-refractivity contribution < 1.29 is 23.9 Å². The van der Waals surface area contributed by atoms with E-state index in [1.165, 1.54) is 13.8 Å². The average molecular weight is 364 g/mol. The SMILES string of the molecule is CC(=O)O[C@H]1c2ccccc2-c2c(C)cc3c(c2[C@@H]1OC(C)=O)CCC3=O. The molecule has 27 heavy (non-hydrogen) atoms. The van der Waals surface area contributed by atoms with Crippen LogP contribution in [0.5, 0.6) is 0 Å². The first-order chi connectivity index (χ1) is 12.9. The molecule has 0 aromatic heterocycles. The first kappa shape index (κ1) is 17.5. The average Bonchev–Trinajstić information content (AvgIpc) is 2.97. The fourth-order valence-electron chi connectivity index (χ4n) is 4.34. The Labute approximate surface area is 157 Å². The topological polar surface area (TPSA) is 69.7 Å². The Morgan fingerprint density at radius 2 is 1.63 bits per heavy atom. The standard InChI is InChI=1S/C22H20O5/c1-11-10-17-15(8-9-18(17)25)20-19(11)14-6-4-5-7-16(14)21(26-12(2)23)22(20)27-13(3)24/h4-7,10,21-22H,8-9H2,1-3H3/t21-,22-/m0/s1. The van der Waals surface area contributed by atoms with Crippen LogP contribution >= 0.6 is 0 Å². The Morgan fingerprint density at radius 3 is 2.33 bits per heavy atom. The maximum Gasteiger partial charge on any atom is 0.303 e. The molecule has 0 spiro atoms. The van der Waals surface area contributed by atoms with Crippen molar-refractivity contribution in [3.05, 3.63) is 58.1 Å². The smallest absolute Gasteiger partial charge is 0.303 e. The van der Waals surface area contributed by atoms with E-state index in [2.05, 4.69) is 0 Å². The van der Waals surface area contributed by atoms with Gasteiger partial charge in [-0.1, -0.05) is 24.3 Å². The molecule has 2 aromatic carbocycles. The third kappa shape index (κ3) is 2.74. The highest BCUT2D eigenvalue weighted by atomic mass is 16.6. The Hall–Kier alpha value is -2.95. The van der Waals surface area contributed by atoms with Crippen molar-refractivity contribution in [3.8, 4) is 11.1 Å². The van der Waals surface area contributed by atoms with Gasteiger partial charge in [0.05, 0.1) is 0 Å². The predicted octanol–water partition coefficient (Wildman–Crippen LogP) is 4.01. The minimum atomic E-state index is -0.768. The second-order valence-corrected chi connectivity index (χ2v) is 7.08. The highest BCUT2D eigenvalue weighted by Gasteiger charge is 2.42. The van der Waals surface area contributed by atoms with Crippen LogP contribution in [-0.2, 0) is 25.5 Å². The number of fused-ring (bicyclic) bond motifs is 5.